The molecule has 0 saturated carbocycles. The summed E-state index contributed by atoms with van der Waals surface area (Å²) in [5, 5.41) is 9.09. The van der Waals surface area contributed by atoms with Crippen LogP contribution in [0.4, 0.5) is 0 Å². The summed E-state index contributed by atoms with van der Waals surface area (Å²) in [5.41, 5.74) is 1.48. The number of ether oxygens (including phenoxy) is 2. The monoisotopic (exact) mass is 317 g/mol. The summed E-state index contributed by atoms with van der Waals surface area (Å²) in [4.78, 5) is 0. The molecule has 0 spiro atoms. The zero-order valence-corrected chi connectivity index (χ0v) is 12.0. The Morgan fingerprint density at radius 2 is 2.00 bits per heavy atom. The highest BCUT2D eigenvalue weighted by Crippen LogP contribution is 2.31. The summed E-state index contributed by atoms with van der Waals surface area (Å²) in [7, 11) is 1.56. The SMILES string of the molecule is COc1cccc(C#N)c1OCc1cccc(Br)c1. The van der Waals surface area contributed by atoms with Crippen LogP contribution in [0, 0.1) is 11.3 Å². The predicted octanol–water partition coefficient (Wildman–Crippen LogP) is 3.91. The topological polar surface area (TPSA) is 42.2 Å². The van der Waals surface area contributed by atoms with Crippen LogP contribution in [0.2, 0.25) is 0 Å². The molecule has 0 aliphatic rings. The fourth-order valence-electron chi connectivity index (χ4n) is 1.70. The van der Waals surface area contributed by atoms with Gasteiger partial charge in [-0.2, -0.15) is 5.26 Å². The van der Waals surface area contributed by atoms with Crippen molar-refractivity contribution in [1.82, 2.24) is 0 Å². The molecule has 19 heavy (non-hydrogen) atoms. The van der Waals surface area contributed by atoms with Gasteiger partial charge in [0, 0.05) is 4.47 Å². The van der Waals surface area contributed by atoms with Gasteiger partial charge in [0.2, 0.25) is 0 Å². The first-order valence-electron chi connectivity index (χ1n) is 5.69. The minimum absolute atomic E-state index is 0.383. The number of methoxy groups -OCH3 is 1. The van der Waals surface area contributed by atoms with Crippen molar-refractivity contribution in [3.63, 3.8) is 0 Å². The Balaban J connectivity index is 2.22. The average Bonchev–Trinajstić information content (AvgIpc) is 2.44. The molecule has 0 fully saturated rings. The summed E-state index contributed by atoms with van der Waals surface area (Å²) in [6, 6.07) is 15.2. The van der Waals surface area contributed by atoms with Crippen LogP contribution in [-0.2, 0) is 6.61 Å². The van der Waals surface area contributed by atoms with E-state index >= 15 is 0 Å². The second kappa shape index (κ2) is 6.26. The van der Waals surface area contributed by atoms with Crippen molar-refractivity contribution in [3.8, 4) is 17.6 Å². The smallest absolute Gasteiger partial charge is 0.179 e. The number of para-hydroxylation sites is 1. The minimum Gasteiger partial charge on any atom is -0.493 e. The van der Waals surface area contributed by atoms with Crippen LogP contribution in [0.15, 0.2) is 46.9 Å². The van der Waals surface area contributed by atoms with Gasteiger partial charge in [0.1, 0.15) is 12.7 Å². The quantitative estimate of drug-likeness (QED) is 0.858. The first-order valence-corrected chi connectivity index (χ1v) is 6.48. The Bertz CT molecular complexity index is 620. The van der Waals surface area contributed by atoms with Gasteiger partial charge in [-0.05, 0) is 29.8 Å². The maximum absolute atomic E-state index is 9.09. The predicted molar refractivity (Wildman–Crippen MR) is 76.2 cm³/mol. The Labute approximate surface area is 120 Å². The molecule has 96 valence electrons. The molecule has 0 radical (unpaired) electrons. The lowest BCUT2D eigenvalue weighted by atomic mass is 10.2. The van der Waals surface area contributed by atoms with E-state index in [2.05, 4.69) is 22.0 Å². The molecule has 0 unspecified atom stereocenters. The lowest BCUT2D eigenvalue weighted by Gasteiger charge is -2.12. The third kappa shape index (κ3) is 3.27. The van der Waals surface area contributed by atoms with Crippen molar-refractivity contribution in [2.75, 3.05) is 7.11 Å². The zero-order chi connectivity index (χ0) is 13.7. The van der Waals surface area contributed by atoms with E-state index in [0.717, 1.165) is 10.0 Å². The highest BCUT2D eigenvalue weighted by molar-refractivity contribution is 9.10. The lowest BCUT2D eigenvalue weighted by Crippen LogP contribution is -1.99. The molecule has 0 heterocycles. The van der Waals surface area contributed by atoms with Crippen molar-refractivity contribution < 1.29 is 9.47 Å². The van der Waals surface area contributed by atoms with Gasteiger partial charge in [0.25, 0.3) is 0 Å². The zero-order valence-electron chi connectivity index (χ0n) is 10.4. The normalized spacial score (nSPS) is 9.74. The summed E-state index contributed by atoms with van der Waals surface area (Å²) in [5.74, 6) is 1.04. The highest BCUT2D eigenvalue weighted by atomic mass is 79.9. The van der Waals surface area contributed by atoms with Gasteiger partial charge in [-0.25, -0.2) is 0 Å². The fraction of sp³-hybridized carbons (Fsp3) is 0.133. The van der Waals surface area contributed by atoms with Crippen LogP contribution in [0.25, 0.3) is 0 Å². The molecule has 2 rings (SSSR count). The summed E-state index contributed by atoms with van der Waals surface area (Å²) in [6.45, 7) is 0.383. The van der Waals surface area contributed by atoms with E-state index in [1.165, 1.54) is 0 Å². The van der Waals surface area contributed by atoms with Crippen LogP contribution < -0.4 is 9.47 Å². The summed E-state index contributed by atoms with van der Waals surface area (Å²) in [6.07, 6.45) is 0. The number of hydrogen-bond acceptors (Lipinski definition) is 3. The number of hydrogen-bond donors (Lipinski definition) is 0. The Morgan fingerprint density at radius 1 is 1.21 bits per heavy atom. The highest BCUT2D eigenvalue weighted by Gasteiger charge is 2.10. The maximum atomic E-state index is 9.09. The van der Waals surface area contributed by atoms with Crippen molar-refractivity contribution in [2.24, 2.45) is 0 Å². The van der Waals surface area contributed by atoms with E-state index in [4.69, 9.17) is 14.7 Å². The second-order valence-electron chi connectivity index (χ2n) is 3.87. The third-order valence-corrected chi connectivity index (χ3v) is 3.08. The van der Waals surface area contributed by atoms with Crippen molar-refractivity contribution in [2.45, 2.75) is 6.61 Å². The van der Waals surface area contributed by atoms with E-state index in [1.807, 2.05) is 24.3 Å². The van der Waals surface area contributed by atoms with Gasteiger partial charge in [-0.1, -0.05) is 34.1 Å². The van der Waals surface area contributed by atoms with Gasteiger partial charge in [-0.15, -0.1) is 0 Å². The van der Waals surface area contributed by atoms with Gasteiger partial charge in [-0.3, -0.25) is 0 Å². The van der Waals surface area contributed by atoms with Crippen molar-refractivity contribution >= 4 is 15.9 Å². The molecular formula is C15H12BrNO2. The van der Waals surface area contributed by atoms with E-state index in [-0.39, 0.29) is 0 Å². The van der Waals surface area contributed by atoms with Crippen LogP contribution in [0.1, 0.15) is 11.1 Å². The molecule has 2 aromatic rings. The number of nitrogens with zero attached hydrogens (tertiary/aromatic N) is 1. The molecule has 0 amide bonds. The first-order chi connectivity index (χ1) is 9.24. The number of benzene rings is 2. The number of nitriles is 1. The van der Waals surface area contributed by atoms with Gasteiger partial charge in [0.05, 0.1) is 12.7 Å². The van der Waals surface area contributed by atoms with Crippen LogP contribution >= 0.6 is 15.9 Å². The Hall–Kier alpha value is -1.99. The van der Waals surface area contributed by atoms with E-state index < -0.39 is 0 Å². The molecule has 0 bridgehead atoms. The van der Waals surface area contributed by atoms with Crippen LogP contribution in [0.3, 0.4) is 0 Å². The van der Waals surface area contributed by atoms with E-state index in [9.17, 15) is 0 Å². The van der Waals surface area contributed by atoms with Gasteiger partial charge in [0.15, 0.2) is 11.5 Å². The van der Waals surface area contributed by atoms with Gasteiger partial charge < -0.3 is 9.47 Å². The Kier molecular flexibility index (Phi) is 4.43. The third-order valence-electron chi connectivity index (χ3n) is 2.59. The fourth-order valence-corrected chi connectivity index (χ4v) is 2.14. The molecule has 2 aromatic carbocycles. The molecular weight excluding hydrogens is 306 g/mol. The Morgan fingerprint density at radius 3 is 2.68 bits per heavy atom. The molecule has 0 saturated heterocycles. The maximum Gasteiger partial charge on any atom is 0.179 e. The molecule has 3 nitrogen and oxygen atoms in total. The molecule has 0 N–H and O–H groups in total. The standard InChI is InChI=1S/C15H12BrNO2/c1-18-14-7-3-5-12(9-17)15(14)19-10-11-4-2-6-13(16)8-11/h2-8H,10H2,1H3. The van der Waals surface area contributed by atoms with Crippen LogP contribution in [0.5, 0.6) is 11.5 Å². The molecule has 0 aliphatic heterocycles. The lowest BCUT2D eigenvalue weighted by molar-refractivity contribution is 0.283. The van der Waals surface area contributed by atoms with Crippen molar-refractivity contribution in [1.29, 1.82) is 5.26 Å². The largest absolute Gasteiger partial charge is 0.493 e. The van der Waals surface area contributed by atoms with E-state index in [1.54, 1.807) is 25.3 Å². The second-order valence-corrected chi connectivity index (χ2v) is 4.78. The molecule has 0 atom stereocenters. The van der Waals surface area contributed by atoms with Gasteiger partial charge >= 0.3 is 0 Å². The van der Waals surface area contributed by atoms with Crippen LogP contribution in [-0.4, -0.2) is 7.11 Å². The van der Waals surface area contributed by atoms with E-state index in [0.29, 0.717) is 23.7 Å². The van der Waals surface area contributed by atoms with Crippen molar-refractivity contribution in [3.05, 3.63) is 58.1 Å². The number of halogens is 1. The summed E-state index contributed by atoms with van der Waals surface area (Å²) < 4.78 is 11.9. The molecule has 4 heteroatoms. The minimum atomic E-state index is 0.383. The first kappa shape index (κ1) is 13.4. The summed E-state index contributed by atoms with van der Waals surface area (Å²) >= 11 is 3.41. The number of rotatable bonds is 4. The molecule has 0 aliphatic carbocycles. The average molecular weight is 318 g/mol. The molecule has 0 aromatic heterocycles.